The maximum atomic E-state index is 11.9. The molecule has 3 N–H and O–H groups in total. The van der Waals surface area contributed by atoms with E-state index in [1.165, 1.54) is 6.42 Å². The fraction of sp³-hybridized carbons (Fsp3) is 0.692. The highest BCUT2D eigenvalue weighted by atomic mass is 16.5. The Balaban J connectivity index is 1.81. The second kappa shape index (κ2) is 7.37. The summed E-state index contributed by atoms with van der Waals surface area (Å²) in [6.07, 6.45) is 2.29. The molecule has 1 saturated heterocycles. The first kappa shape index (κ1) is 15.0. The van der Waals surface area contributed by atoms with Crippen molar-refractivity contribution in [2.75, 3.05) is 38.1 Å². The van der Waals surface area contributed by atoms with Crippen LogP contribution in [0, 0.1) is 6.92 Å². The first-order chi connectivity index (χ1) is 9.67. The van der Waals surface area contributed by atoms with E-state index >= 15 is 0 Å². The molecule has 0 spiro atoms. The third kappa shape index (κ3) is 4.59. The van der Waals surface area contributed by atoms with Crippen LogP contribution in [0.1, 0.15) is 18.6 Å². The Kier molecular flexibility index (Phi) is 5.51. The molecule has 0 bridgehead atoms. The third-order valence-electron chi connectivity index (χ3n) is 3.32. The van der Waals surface area contributed by atoms with Crippen LogP contribution in [-0.4, -0.2) is 59.9 Å². The molecule has 112 valence electrons. The highest BCUT2D eigenvalue weighted by Gasteiger charge is 2.19. The molecule has 0 aliphatic carbocycles. The molecule has 1 aliphatic heterocycles. The van der Waals surface area contributed by atoms with Crippen LogP contribution in [0.4, 0.5) is 5.82 Å². The molecule has 7 heteroatoms. The number of aromatic nitrogens is 1. The highest BCUT2D eigenvalue weighted by Crippen LogP contribution is 2.09. The Morgan fingerprint density at radius 3 is 3.15 bits per heavy atom. The van der Waals surface area contributed by atoms with Crippen molar-refractivity contribution in [2.45, 2.75) is 25.8 Å². The first-order valence-corrected chi connectivity index (χ1v) is 6.97. The van der Waals surface area contributed by atoms with Crippen LogP contribution in [0.25, 0.3) is 0 Å². The van der Waals surface area contributed by atoms with Gasteiger partial charge >= 0.3 is 0 Å². The molecule has 2 heterocycles. The van der Waals surface area contributed by atoms with Crippen molar-refractivity contribution in [1.29, 1.82) is 0 Å². The molecule has 2 rings (SSSR count). The largest absolute Gasteiger partial charge is 0.395 e. The molecule has 1 amide bonds. The quantitative estimate of drug-likeness (QED) is 0.650. The summed E-state index contributed by atoms with van der Waals surface area (Å²) in [5.41, 5.74) is 0. The van der Waals surface area contributed by atoms with Crippen LogP contribution in [0.3, 0.4) is 0 Å². The average Bonchev–Trinajstić information content (AvgIpc) is 3.01. The Labute approximate surface area is 118 Å². The lowest BCUT2D eigenvalue weighted by Gasteiger charge is -2.24. The molecule has 1 fully saturated rings. The lowest BCUT2D eigenvalue weighted by Crippen LogP contribution is -2.42. The van der Waals surface area contributed by atoms with E-state index in [4.69, 9.17) is 9.63 Å². The SMILES string of the molecule is Cc1cc(NC(=O)CN(CCO)CC2CCCN2)no1. The standard InChI is InChI=1S/C13H22N4O3/c1-10-7-12(16-20-10)15-13(19)9-17(5-6-18)8-11-3-2-4-14-11/h7,11,14,18H,2-6,8-9H2,1H3,(H,15,16,19). The highest BCUT2D eigenvalue weighted by molar-refractivity contribution is 5.91. The van der Waals surface area contributed by atoms with Crippen molar-refractivity contribution in [2.24, 2.45) is 0 Å². The monoisotopic (exact) mass is 282 g/mol. The second-order valence-electron chi connectivity index (χ2n) is 5.12. The summed E-state index contributed by atoms with van der Waals surface area (Å²) in [7, 11) is 0. The number of hydrogen-bond donors (Lipinski definition) is 3. The fourth-order valence-corrected chi connectivity index (χ4v) is 2.41. The fourth-order valence-electron chi connectivity index (χ4n) is 2.41. The smallest absolute Gasteiger partial charge is 0.239 e. The number of aliphatic hydroxyl groups is 1. The van der Waals surface area contributed by atoms with Crippen molar-refractivity contribution in [3.05, 3.63) is 11.8 Å². The average molecular weight is 282 g/mol. The predicted octanol–water partition coefficient (Wildman–Crippen LogP) is -0.0322. The van der Waals surface area contributed by atoms with Crippen molar-refractivity contribution < 1.29 is 14.4 Å². The van der Waals surface area contributed by atoms with Crippen molar-refractivity contribution in [3.63, 3.8) is 0 Å². The zero-order valence-corrected chi connectivity index (χ0v) is 11.8. The van der Waals surface area contributed by atoms with Gasteiger partial charge in [0, 0.05) is 25.2 Å². The molecule has 1 unspecified atom stereocenters. The van der Waals surface area contributed by atoms with Gasteiger partial charge in [0.25, 0.3) is 0 Å². The molecular weight excluding hydrogens is 260 g/mol. The molecule has 20 heavy (non-hydrogen) atoms. The number of nitrogens with zero attached hydrogens (tertiary/aromatic N) is 2. The van der Waals surface area contributed by atoms with E-state index in [-0.39, 0.29) is 19.1 Å². The van der Waals surface area contributed by atoms with Crippen molar-refractivity contribution in [1.82, 2.24) is 15.4 Å². The molecule has 0 saturated carbocycles. The van der Waals surface area contributed by atoms with Crippen LogP contribution in [0.15, 0.2) is 10.6 Å². The van der Waals surface area contributed by atoms with E-state index < -0.39 is 0 Å². The summed E-state index contributed by atoms with van der Waals surface area (Å²) in [6, 6.07) is 2.08. The van der Waals surface area contributed by atoms with Gasteiger partial charge in [0.1, 0.15) is 5.76 Å². The summed E-state index contributed by atoms with van der Waals surface area (Å²) in [4.78, 5) is 13.9. The van der Waals surface area contributed by atoms with Crippen molar-refractivity contribution in [3.8, 4) is 0 Å². The van der Waals surface area contributed by atoms with Crippen molar-refractivity contribution >= 4 is 11.7 Å². The van der Waals surface area contributed by atoms with Gasteiger partial charge in [-0.1, -0.05) is 5.16 Å². The lowest BCUT2D eigenvalue weighted by atomic mass is 10.2. The minimum atomic E-state index is -0.148. The maximum absolute atomic E-state index is 11.9. The van der Waals surface area contributed by atoms with Crippen LogP contribution < -0.4 is 10.6 Å². The Morgan fingerprint density at radius 1 is 1.70 bits per heavy atom. The third-order valence-corrected chi connectivity index (χ3v) is 3.32. The van der Waals surface area contributed by atoms with Crippen LogP contribution in [-0.2, 0) is 4.79 Å². The number of aryl methyl sites for hydroxylation is 1. The van der Waals surface area contributed by atoms with E-state index in [1.54, 1.807) is 13.0 Å². The van der Waals surface area contributed by atoms with E-state index in [0.717, 1.165) is 19.5 Å². The van der Waals surface area contributed by atoms with Gasteiger partial charge in [-0.2, -0.15) is 0 Å². The normalized spacial score (nSPS) is 18.6. The van der Waals surface area contributed by atoms with Gasteiger partial charge in [-0.05, 0) is 26.3 Å². The van der Waals surface area contributed by atoms with Gasteiger partial charge in [0.15, 0.2) is 5.82 Å². The molecular formula is C13H22N4O3. The number of anilines is 1. The number of amides is 1. The van der Waals surface area contributed by atoms with Gasteiger partial charge < -0.3 is 20.3 Å². The molecule has 0 aromatic carbocycles. The molecule has 1 aromatic rings. The molecule has 0 radical (unpaired) electrons. The lowest BCUT2D eigenvalue weighted by molar-refractivity contribution is -0.117. The van der Waals surface area contributed by atoms with Crippen LogP contribution in [0.5, 0.6) is 0 Å². The zero-order chi connectivity index (χ0) is 14.4. The number of aliphatic hydroxyl groups excluding tert-OH is 1. The number of rotatable bonds is 7. The Morgan fingerprint density at radius 2 is 2.55 bits per heavy atom. The van der Waals surface area contributed by atoms with E-state index in [0.29, 0.717) is 24.2 Å². The zero-order valence-electron chi connectivity index (χ0n) is 11.8. The van der Waals surface area contributed by atoms with E-state index in [2.05, 4.69) is 15.8 Å². The topological polar surface area (TPSA) is 90.6 Å². The number of nitrogens with one attached hydrogen (secondary N) is 2. The number of hydrogen-bond acceptors (Lipinski definition) is 6. The van der Waals surface area contributed by atoms with E-state index in [1.807, 2.05) is 4.90 Å². The summed E-state index contributed by atoms with van der Waals surface area (Å²) in [5.74, 6) is 0.933. The minimum absolute atomic E-state index is 0.0447. The van der Waals surface area contributed by atoms with Gasteiger partial charge in [-0.3, -0.25) is 9.69 Å². The van der Waals surface area contributed by atoms with Crippen LogP contribution >= 0.6 is 0 Å². The minimum Gasteiger partial charge on any atom is -0.395 e. The summed E-state index contributed by atoms with van der Waals surface area (Å²) < 4.78 is 4.90. The van der Waals surface area contributed by atoms with Crippen LogP contribution in [0.2, 0.25) is 0 Å². The summed E-state index contributed by atoms with van der Waals surface area (Å²) in [5, 5.41) is 18.9. The maximum Gasteiger partial charge on any atom is 0.239 e. The number of carbonyl (C=O) groups is 1. The summed E-state index contributed by atoms with van der Waals surface area (Å²) >= 11 is 0. The van der Waals surface area contributed by atoms with Gasteiger partial charge in [0.2, 0.25) is 5.91 Å². The van der Waals surface area contributed by atoms with Gasteiger partial charge in [-0.15, -0.1) is 0 Å². The second-order valence-corrected chi connectivity index (χ2v) is 5.12. The first-order valence-electron chi connectivity index (χ1n) is 6.97. The number of carbonyl (C=O) groups excluding carboxylic acids is 1. The van der Waals surface area contributed by atoms with E-state index in [9.17, 15) is 4.79 Å². The van der Waals surface area contributed by atoms with Gasteiger partial charge in [-0.25, -0.2) is 0 Å². The predicted molar refractivity (Wildman–Crippen MR) is 74.4 cm³/mol. The molecule has 1 aromatic heterocycles. The molecule has 7 nitrogen and oxygen atoms in total. The Hall–Kier alpha value is -1.44. The molecule has 1 aliphatic rings. The Bertz CT molecular complexity index is 429. The summed E-state index contributed by atoms with van der Waals surface area (Å²) in [6.45, 7) is 4.34. The van der Waals surface area contributed by atoms with Gasteiger partial charge in [0.05, 0.1) is 13.2 Å². The molecule has 1 atom stereocenters.